The van der Waals surface area contributed by atoms with Gasteiger partial charge in [0.1, 0.15) is 10.0 Å². The highest BCUT2D eigenvalue weighted by Gasteiger charge is 2.28. The molecule has 1 aliphatic rings. The van der Waals surface area contributed by atoms with Crippen molar-refractivity contribution >= 4 is 27.3 Å². The van der Waals surface area contributed by atoms with Crippen molar-refractivity contribution in [2.24, 2.45) is 0 Å². The van der Waals surface area contributed by atoms with Gasteiger partial charge >= 0.3 is 0 Å². The van der Waals surface area contributed by atoms with Crippen molar-refractivity contribution in [1.82, 2.24) is 19.2 Å². The number of thiophene rings is 1. The molecular formula is C16H22N4O3S2. The van der Waals surface area contributed by atoms with Gasteiger partial charge in [-0.3, -0.25) is 4.79 Å². The zero-order valence-corrected chi connectivity index (χ0v) is 15.7. The molecule has 7 nitrogen and oxygen atoms in total. The molecule has 1 aliphatic heterocycles. The molecule has 2 aromatic heterocycles. The summed E-state index contributed by atoms with van der Waals surface area (Å²) >= 11 is 1.13. The Kier molecular flexibility index (Phi) is 5.55. The lowest BCUT2D eigenvalue weighted by Crippen LogP contribution is -2.44. The highest BCUT2D eigenvalue weighted by molar-refractivity contribution is 7.91. The summed E-state index contributed by atoms with van der Waals surface area (Å²) in [5.41, 5.74) is 0. The maximum Gasteiger partial charge on any atom is 0.250 e. The van der Waals surface area contributed by atoms with E-state index >= 15 is 0 Å². The zero-order valence-electron chi connectivity index (χ0n) is 14.1. The number of aromatic nitrogens is 2. The molecule has 3 rings (SSSR count). The van der Waals surface area contributed by atoms with E-state index in [4.69, 9.17) is 0 Å². The van der Waals surface area contributed by atoms with E-state index in [1.54, 1.807) is 22.5 Å². The molecule has 0 aliphatic carbocycles. The van der Waals surface area contributed by atoms with E-state index < -0.39 is 10.0 Å². The van der Waals surface area contributed by atoms with E-state index in [9.17, 15) is 13.2 Å². The summed E-state index contributed by atoms with van der Waals surface area (Å²) in [5, 5.41) is 1.70. The van der Waals surface area contributed by atoms with Gasteiger partial charge in [-0.15, -0.1) is 11.3 Å². The average molecular weight is 383 g/mol. The van der Waals surface area contributed by atoms with Crippen LogP contribution in [0.25, 0.3) is 0 Å². The third-order valence-electron chi connectivity index (χ3n) is 4.40. The fourth-order valence-electron chi connectivity index (χ4n) is 3.12. The third-order valence-corrected chi connectivity index (χ3v) is 7.20. The molecule has 1 saturated heterocycles. The van der Waals surface area contributed by atoms with Gasteiger partial charge in [-0.1, -0.05) is 6.07 Å². The van der Waals surface area contributed by atoms with E-state index in [0.717, 1.165) is 36.5 Å². The Bertz CT molecular complexity index is 814. The minimum atomic E-state index is -3.61. The van der Waals surface area contributed by atoms with Gasteiger partial charge < -0.3 is 9.47 Å². The average Bonchev–Trinajstić information content (AvgIpc) is 3.31. The molecule has 2 aromatic rings. The molecule has 0 bridgehead atoms. The smallest absolute Gasteiger partial charge is 0.250 e. The minimum Gasteiger partial charge on any atom is -0.341 e. The SMILES string of the molecule is CCn1ccnc1[C@H]1CCCN(C(=O)CNS(=O)(=O)c2cccs2)C1. The first-order valence-corrected chi connectivity index (χ1v) is 10.7. The van der Waals surface area contributed by atoms with Gasteiger partial charge in [0.15, 0.2) is 0 Å². The van der Waals surface area contributed by atoms with Gasteiger partial charge in [0.25, 0.3) is 10.0 Å². The monoisotopic (exact) mass is 382 g/mol. The van der Waals surface area contributed by atoms with Crippen molar-refractivity contribution in [3.63, 3.8) is 0 Å². The number of carbonyl (C=O) groups is 1. The van der Waals surface area contributed by atoms with Gasteiger partial charge in [0.05, 0.1) is 6.54 Å². The number of likely N-dealkylation sites (tertiary alicyclic amines) is 1. The number of nitrogens with one attached hydrogen (secondary N) is 1. The number of nitrogens with zero attached hydrogens (tertiary/aromatic N) is 3. The summed E-state index contributed by atoms with van der Waals surface area (Å²) in [6.45, 7) is 3.94. The number of sulfonamides is 1. The molecule has 3 heterocycles. The molecule has 1 fully saturated rings. The molecule has 136 valence electrons. The topological polar surface area (TPSA) is 84.3 Å². The molecule has 1 amide bonds. The predicted octanol–water partition coefficient (Wildman–Crippen LogP) is 1.65. The molecule has 9 heteroatoms. The Morgan fingerprint density at radius 2 is 2.32 bits per heavy atom. The van der Waals surface area contributed by atoms with Gasteiger partial charge in [-0.2, -0.15) is 0 Å². The zero-order chi connectivity index (χ0) is 17.9. The van der Waals surface area contributed by atoms with E-state index in [1.165, 1.54) is 6.07 Å². The molecule has 1 atom stereocenters. The predicted molar refractivity (Wildman–Crippen MR) is 96.0 cm³/mol. The van der Waals surface area contributed by atoms with Crippen molar-refractivity contribution in [2.75, 3.05) is 19.6 Å². The van der Waals surface area contributed by atoms with E-state index in [2.05, 4.69) is 21.2 Å². The van der Waals surface area contributed by atoms with Crippen molar-refractivity contribution in [3.8, 4) is 0 Å². The van der Waals surface area contributed by atoms with Gasteiger partial charge in [-0.25, -0.2) is 18.1 Å². The second-order valence-corrected chi connectivity index (χ2v) is 8.95. The van der Waals surface area contributed by atoms with Crippen molar-refractivity contribution in [2.45, 2.75) is 36.4 Å². The van der Waals surface area contributed by atoms with E-state index in [0.29, 0.717) is 13.1 Å². The summed E-state index contributed by atoms with van der Waals surface area (Å²) < 4.78 is 29.0. The number of amides is 1. The van der Waals surface area contributed by atoms with Crippen LogP contribution in [0.2, 0.25) is 0 Å². The molecule has 0 spiro atoms. The van der Waals surface area contributed by atoms with Crippen LogP contribution in [0.4, 0.5) is 0 Å². The maximum atomic E-state index is 12.5. The fraction of sp³-hybridized carbons (Fsp3) is 0.500. The lowest BCUT2D eigenvalue weighted by molar-refractivity contribution is -0.131. The quantitative estimate of drug-likeness (QED) is 0.823. The summed E-state index contributed by atoms with van der Waals surface area (Å²) in [6, 6.07) is 3.20. The van der Waals surface area contributed by atoms with Crippen LogP contribution in [0, 0.1) is 0 Å². The Balaban J connectivity index is 1.61. The van der Waals surface area contributed by atoms with Gasteiger partial charge in [0, 0.05) is 37.9 Å². The van der Waals surface area contributed by atoms with Crippen LogP contribution < -0.4 is 4.72 Å². The first kappa shape index (κ1) is 18.1. The maximum absolute atomic E-state index is 12.5. The summed E-state index contributed by atoms with van der Waals surface area (Å²) in [6.07, 6.45) is 5.62. The number of carbonyl (C=O) groups excluding carboxylic acids is 1. The van der Waals surface area contributed by atoms with Crippen LogP contribution in [-0.4, -0.2) is 48.4 Å². The number of aryl methyl sites for hydroxylation is 1. The molecule has 0 unspecified atom stereocenters. The van der Waals surface area contributed by atoms with Crippen LogP contribution in [0.1, 0.15) is 31.5 Å². The molecular weight excluding hydrogens is 360 g/mol. The summed E-state index contributed by atoms with van der Waals surface area (Å²) in [7, 11) is -3.61. The van der Waals surface area contributed by atoms with Crippen LogP contribution in [0.5, 0.6) is 0 Å². The lowest BCUT2D eigenvalue weighted by Gasteiger charge is -2.32. The Morgan fingerprint density at radius 1 is 1.48 bits per heavy atom. The molecule has 1 N–H and O–H groups in total. The molecule has 0 aromatic carbocycles. The van der Waals surface area contributed by atoms with Crippen LogP contribution in [0.3, 0.4) is 0 Å². The number of hydrogen-bond acceptors (Lipinski definition) is 5. The second kappa shape index (κ2) is 7.67. The summed E-state index contributed by atoms with van der Waals surface area (Å²) in [4.78, 5) is 18.6. The number of rotatable bonds is 6. The van der Waals surface area contributed by atoms with Gasteiger partial charge in [0.2, 0.25) is 5.91 Å². The van der Waals surface area contributed by atoms with Gasteiger partial charge in [-0.05, 0) is 31.2 Å². The van der Waals surface area contributed by atoms with Crippen LogP contribution >= 0.6 is 11.3 Å². The number of hydrogen-bond donors (Lipinski definition) is 1. The second-order valence-electron chi connectivity index (χ2n) is 6.01. The standard InChI is InChI=1S/C16H22N4O3S2/c1-2-19-9-7-17-16(19)13-5-3-8-20(12-13)14(21)11-18-25(22,23)15-6-4-10-24-15/h4,6-7,9-10,13,18H,2-3,5,8,11-12H2,1H3/t13-/m0/s1. The lowest BCUT2D eigenvalue weighted by atomic mass is 9.97. The van der Waals surface area contributed by atoms with Crippen LogP contribution in [-0.2, 0) is 21.4 Å². The molecule has 0 radical (unpaired) electrons. The first-order chi connectivity index (χ1) is 12.0. The number of piperidine rings is 1. The molecule has 25 heavy (non-hydrogen) atoms. The van der Waals surface area contributed by atoms with Crippen LogP contribution in [0.15, 0.2) is 34.1 Å². The summed E-state index contributed by atoms with van der Waals surface area (Å²) in [5.74, 6) is 1.00. The third kappa shape index (κ3) is 4.10. The molecule has 0 saturated carbocycles. The van der Waals surface area contributed by atoms with Crippen molar-refractivity contribution in [3.05, 3.63) is 35.7 Å². The highest BCUT2D eigenvalue weighted by atomic mass is 32.2. The van der Waals surface area contributed by atoms with E-state index in [-0.39, 0.29) is 22.6 Å². The van der Waals surface area contributed by atoms with Crippen molar-refractivity contribution in [1.29, 1.82) is 0 Å². The Hall–Kier alpha value is -1.71. The normalized spacial score (nSPS) is 18.4. The number of imidazole rings is 1. The Morgan fingerprint density at radius 3 is 3.04 bits per heavy atom. The van der Waals surface area contributed by atoms with E-state index in [1.807, 2.05) is 6.20 Å². The Labute approximate surface area is 151 Å². The van der Waals surface area contributed by atoms with Crippen molar-refractivity contribution < 1.29 is 13.2 Å². The largest absolute Gasteiger partial charge is 0.341 e. The minimum absolute atomic E-state index is 0.195. The fourth-order valence-corrected chi connectivity index (χ4v) is 5.13. The first-order valence-electron chi connectivity index (χ1n) is 8.33. The highest BCUT2D eigenvalue weighted by Crippen LogP contribution is 2.26.